The van der Waals surface area contributed by atoms with Crippen molar-refractivity contribution in [1.82, 2.24) is 4.72 Å². The molecule has 1 aromatic carbocycles. The molecule has 0 aromatic heterocycles. The van der Waals surface area contributed by atoms with Gasteiger partial charge in [0, 0.05) is 18.0 Å². The molecule has 0 heterocycles. The van der Waals surface area contributed by atoms with E-state index in [1.807, 2.05) is 0 Å². The van der Waals surface area contributed by atoms with Gasteiger partial charge in [-0.3, -0.25) is 4.79 Å². The van der Waals surface area contributed by atoms with Crippen LogP contribution in [0.25, 0.3) is 0 Å². The number of halogens is 1. The Morgan fingerprint density at radius 1 is 1.33 bits per heavy atom. The van der Waals surface area contributed by atoms with Crippen LogP contribution in [-0.2, 0) is 21.4 Å². The fourth-order valence-electron chi connectivity index (χ4n) is 1.32. The molecule has 0 saturated carbocycles. The molecule has 0 aliphatic carbocycles. The lowest BCUT2D eigenvalue weighted by molar-refractivity contribution is -0.137. The largest absolute Gasteiger partial charge is 0.481 e. The monoisotopic (exact) mass is 291 g/mol. The summed E-state index contributed by atoms with van der Waals surface area (Å²) in [6.07, 6.45) is -0.0693. The van der Waals surface area contributed by atoms with E-state index in [2.05, 4.69) is 4.72 Å². The molecule has 2 N–H and O–H groups in total. The van der Waals surface area contributed by atoms with Gasteiger partial charge in [0.05, 0.1) is 5.75 Å². The third-order valence-electron chi connectivity index (χ3n) is 2.24. The number of aliphatic carboxylic acids is 1. The molecule has 7 heteroatoms. The molecule has 0 radical (unpaired) electrons. The van der Waals surface area contributed by atoms with Crippen molar-refractivity contribution in [2.24, 2.45) is 0 Å². The number of carboxylic acids is 1. The third kappa shape index (κ3) is 5.48. The van der Waals surface area contributed by atoms with Gasteiger partial charge in [-0.1, -0.05) is 29.8 Å². The Bertz CT molecular complexity index is 516. The van der Waals surface area contributed by atoms with Gasteiger partial charge in [0.15, 0.2) is 0 Å². The number of carbonyl (C=O) groups is 1. The zero-order chi connectivity index (χ0) is 13.6. The number of carboxylic acid groups (broad SMARTS) is 1. The lowest BCUT2D eigenvalue weighted by Crippen LogP contribution is -2.26. The highest BCUT2D eigenvalue weighted by molar-refractivity contribution is 7.89. The summed E-state index contributed by atoms with van der Waals surface area (Å²) in [4.78, 5) is 10.3. The zero-order valence-electron chi connectivity index (χ0n) is 9.60. The first-order valence-electron chi connectivity index (χ1n) is 5.33. The van der Waals surface area contributed by atoms with Crippen molar-refractivity contribution in [2.45, 2.75) is 19.4 Å². The first-order chi connectivity index (χ1) is 8.41. The molecule has 0 fully saturated rings. The Morgan fingerprint density at radius 2 is 2.00 bits per heavy atom. The average Bonchev–Trinajstić information content (AvgIpc) is 2.27. The second-order valence-corrected chi connectivity index (χ2v) is 6.06. The molecule has 0 atom stereocenters. The van der Waals surface area contributed by atoms with Crippen LogP contribution in [0.4, 0.5) is 0 Å². The van der Waals surface area contributed by atoms with Crippen LogP contribution in [0.2, 0.25) is 5.02 Å². The molecule has 18 heavy (non-hydrogen) atoms. The molecule has 1 rings (SSSR count). The molecule has 100 valence electrons. The Balaban J connectivity index is 2.47. The highest BCUT2D eigenvalue weighted by atomic mass is 35.5. The van der Waals surface area contributed by atoms with Crippen LogP contribution >= 0.6 is 11.6 Å². The van der Waals surface area contributed by atoms with E-state index in [0.29, 0.717) is 10.6 Å². The van der Waals surface area contributed by atoms with Crippen LogP contribution in [0.15, 0.2) is 24.3 Å². The average molecular weight is 292 g/mol. The van der Waals surface area contributed by atoms with E-state index in [1.54, 1.807) is 24.3 Å². The van der Waals surface area contributed by atoms with E-state index in [9.17, 15) is 13.2 Å². The zero-order valence-corrected chi connectivity index (χ0v) is 11.2. The van der Waals surface area contributed by atoms with Gasteiger partial charge in [0.2, 0.25) is 10.0 Å². The summed E-state index contributed by atoms with van der Waals surface area (Å²) in [5.41, 5.74) is 0.681. The second kappa shape index (κ2) is 6.72. The maximum absolute atomic E-state index is 11.5. The maximum Gasteiger partial charge on any atom is 0.303 e. The number of hydrogen-bond donors (Lipinski definition) is 2. The Kier molecular flexibility index (Phi) is 5.58. The van der Waals surface area contributed by atoms with E-state index < -0.39 is 16.0 Å². The van der Waals surface area contributed by atoms with Crippen LogP contribution in [0.5, 0.6) is 0 Å². The highest BCUT2D eigenvalue weighted by Crippen LogP contribution is 2.14. The summed E-state index contributed by atoms with van der Waals surface area (Å²) < 4.78 is 25.5. The highest BCUT2D eigenvalue weighted by Gasteiger charge is 2.11. The Labute approximate surface area is 111 Å². The summed E-state index contributed by atoms with van der Waals surface area (Å²) >= 11 is 5.89. The Morgan fingerprint density at radius 3 is 2.61 bits per heavy atom. The first-order valence-corrected chi connectivity index (χ1v) is 7.36. The first kappa shape index (κ1) is 14.9. The predicted molar refractivity (Wildman–Crippen MR) is 68.9 cm³/mol. The maximum atomic E-state index is 11.5. The standard InChI is InChI=1S/C11H14ClNO4S/c12-10-5-2-1-4-9(10)8-13-18(16,17)7-3-6-11(14)15/h1-2,4-5,13H,3,6-8H2,(H,14,15). The van der Waals surface area contributed by atoms with Crippen molar-refractivity contribution in [3.63, 3.8) is 0 Å². The minimum atomic E-state index is -3.46. The summed E-state index contributed by atoms with van der Waals surface area (Å²) in [7, 11) is -3.46. The molecular formula is C11H14ClNO4S. The minimum absolute atomic E-state index is 0.0905. The van der Waals surface area contributed by atoms with Gasteiger partial charge >= 0.3 is 5.97 Å². The molecule has 5 nitrogen and oxygen atoms in total. The van der Waals surface area contributed by atoms with Crippen molar-refractivity contribution in [1.29, 1.82) is 0 Å². The molecule has 0 aliphatic rings. The van der Waals surface area contributed by atoms with Gasteiger partial charge in [-0.15, -0.1) is 0 Å². The molecule has 1 aromatic rings. The van der Waals surface area contributed by atoms with Crippen LogP contribution in [-0.4, -0.2) is 25.2 Å². The van der Waals surface area contributed by atoms with Crippen molar-refractivity contribution in [2.75, 3.05) is 5.75 Å². The normalized spacial score (nSPS) is 11.4. The summed E-state index contributed by atoms with van der Waals surface area (Å²) in [6.45, 7) is 0.106. The van der Waals surface area contributed by atoms with E-state index >= 15 is 0 Å². The van der Waals surface area contributed by atoms with Gasteiger partial charge in [0.25, 0.3) is 0 Å². The van der Waals surface area contributed by atoms with Gasteiger partial charge in [-0.05, 0) is 18.1 Å². The number of rotatable bonds is 7. The van der Waals surface area contributed by atoms with Crippen molar-refractivity contribution < 1.29 is 18.3 Å². The van der Waals surface area contributed by atoms with Gasteiger partial charge in [0.1, 0.15) is 0 Å². The van der Waals surface area contributed by atoms with Crippen LogP contribution in [0.3, 0.4) is 0 Å². The summed E-state index contributed by atoms with van der Waals surface area (Å²) in [6, 6.07) is 6.92. The number of nitrogens with one attached hydrogen (secondary N) is 1. The van der Waals surface area contributed by atoms with Gasteiger partial charge in [-0.25, -0.2) is 13.1 Å². The molecule has 0 aliphatic heterocycles. The second-order valence-electron chi connectivity index (χ2n) is 3.73. The molecule has 0 unspecified atom stereocenters. The smallest absolute Gasteiger partial charge is 0.303 e. The van der Waals surface area contributed by atoms with Gasteiger partial charge < -0.3 is 5.11 Å². The van der Waals surface area contributed by atoms with Gasteiger partial charge in [-0.2, -0.15) is 0 Å². The van der Waals surface area contributed by atoms with E-state index in [1.165, 1.54) is 0 Å². The fourth-order valence-corrected chi connectivity index (χ4v) is 2.56. The minimum Gasteiger partial charge on any atom is -0.481 e. The fraction of sp³-hybridized carbons (Fsp3) is 0.364. The molecule has 0 spiro atoms. The van der Waals surface area contributed by atoms with Crippen LogP contribution in [0.1, 0.15) is 18.4 Å². The number of hydrogen-bond acceptors (Lipinski definition) is 3. The molecular weight excluding hydrogens is 278 g/mol. The van der Waals surface area contributed by atoms with E-state index in [-0.39, 0.29) is 25.1 Å². The quantitative estimate of drug-likeness (QED) is 0.800. The lowest BCUT2D eigenvalue weighted by Gasteiger charge is -2.07. The molecule has 0 bridgehead atoms. The van der Waals surface area contributed by atoms with Crippen LogP contribution < -0.4 is 4.72 Å². The predicted octanol–water partition coefficient (Wildman–Crippen LogP) is 1.62. The van der Waals surface area contributed by atoms with E-state index in [4.69, 9.17) is 16.7 Å². The number of sulfonamides is 1. The molecule has 0 amide bonds. The summed E-state index contributed by atoms with van der Waals surface area (Å²) in [5, 5.41) is 8.91. The van der Waals surface area contributed by atoms with E-state index in [0.717, 1.165) is 0 Å². The van der Waals surface area contributed by atoms with Crippen LogP contribution in [0, 0.1) is 0 Å². The topological polar surface area (TPSA) is 83.5 Å². The van der Waals surface area contributed by atoms with Crippen molar-refractivity contribution in [3.8, 4) is 0 Å². The van der Waals surface area contributed by atoms with Crippen molar-refractivity contribution >= 4 is 27.6 Å². The third-order valence-corrected chi connectivity index (χ3v) is 4.02. The summed E-state index contributed by atoms with van der Waals surface area (Å²) in [5.74, 6) is -1.21. The number of benzene rings is 1. The molecule has 0 saturated heterocycles. The van der Waals surface area contributed by atoms with Crippen molar-refractivity contribution in [3.05, 3.63) is 34.9 Å². The SMILES string of the molecule is O=C(O)CCCS(=O)(=O)NCc1ccccc1Cl. The Hall–Kier alpha value is -1.11. The lowest BCUT2D eigenvalue weighted by atomic mass is 10.2.